The molecule has 0 aliphatic rings. The molecule has 1 rings (SSSR count). The van der Waals surface area contributed by atoms with Crippen LogP contribution in [-0.4, -0.2) is 31.2 Å². The number of halogens is 2. The number of aliphatic hydroxyl groups is 1. The van der Waals surface area contributed by atoms with Crippen LogP contribution < -0.4 is 4.72 Å². The van der Waals surface area contributed by atoms with Gasteiger partial charge in [0, 0.05) is 23.3 Å². The lowest BCUT2D eigenvalue weighted by atomic mass is 10.2. The van der Waals surface area contributed by atoms with Gasteiger partial charge in [-0.3, -0.25) is 0 Å². The number of nitrogens with one attached hydrogen (secondary N) is 1. The molecule has 0 amide bonds. The lowest BCUT2D eigenvalue weighted by molar-refractivity contribution is 0.279. The van der Waals surface area contributed by atoms with Gasteiger partial charge in [-0.1, -0.05) is 11.6 Å². The van der Waals surface area contributed by atoms with Gasteiger partial charge in [-0.05, 0) is 41.8 Å². The van der Waals surface area contributed by atoms with Crippen LogP contribution in [0.5, 0.6) is 0 Å². The van der Waals surface area contributed by atoms with Crippen LogP contribution in [-0.2, 0) is 10.0 Å². The van der Waals surface area contributed by atoms with E-state index in [4.69, 9.17) is 16.7 Å². The van der Waals surface area contributed by atoms with Crippen molar-refractivity contribution in [2.24, 2.45) is 0 Å². The zero-order valence-electron chi connectivity index (χ0n) is 9.73. The molecule has 1 aromatic rings. The number of nitrogens with zero attached hydrogens (tertiary/aromatic N) is 1. The Balaban J connectivity index is 2.89. The van der Waals surface area contributed by atoms with Crippen LogP contribution in [0.2, 0.25) is 5.15 Å². The topological polar surface area (TPSA) is 79.3 Å². The number of aliphatic hydroxyl groups excluding tert-OH is 1. The van der Waals surface area contributed by atoms with Gasteiger partial charge in [0.15, 0.2) is 0 Å². The van der Waals surface area contributed by atoms with Crippen LogP contribution in [0.4, 0.5) is 0 Å². The zero-order chi connectivity index (χ0) is 13.8. The Morgan fingerprint density at radius 3 is 2.89 bits per heavy atom. The maximum Gasteiger partial charge on any atom is 0.243 e. The Hall–Kier alpha value is -0.210. The van der Waals surface area contributed by atoms with Crippen LogP contribution in [0, 0.1) is 0 Å². The largest absolute Gasteiger partial charge is 0.396 e. The maximum atomic E-state index is 12.1. The highest BCUT2D eigenvalue weighted by Crippen LogP contribution is 2.22. The summed E-state index contributed by atoms with van der Waals surface area (Å²) in [6.07, 6.45) is 2.51. The Morgan fingerprint density at radius 1 is 1.61 bits per heavy atom. The zero-order valence-corrected chi connectivity index (χ0v) is 12.9. The van der Waals surface area contributed by atoms with E-state index in [0.717, 1.165) is 0 Å². The standard InChI is InChI=1S/C10H14BrClN2O3S/c1-7(3-2-4-15)14-18(16,17)9-5-8(11)6-13-10(9)12/h5-7,14-15H,2-4H2,1H3. The average molecular weight is 358 g/mol. The first-order chi connectivity index (χ1) is 8.36. The normalized spacial score (nSPS) is 13.6. The Labute approximate surface area is 120 Å². The van der Waals surface area contributed by atoms with Gasteiger partial charge in [0.05, 0.1) is 0 Å². The van der Waals surface area contributed by atoms with Crippen molar-refractivity contribution in [3.05, 3.63) is 21.9 Å². The predicted molar refractivity (Wildman–Crippen MR) is 73.1 cm³/mol. The summed E-state index contributed by atoms with van der Waals surface area (Å²) in [5.74, 6) is 0. The minimum atomic E-state index is -3.70. The molecule has 0 aliphatic heterocycles. The van der Waals surface area contributed by atoms with E-state index in [1.54, 1.807) is 6.92 Å². The fourth-order valence-electron chi connectivity index (χ4n) is 1.38. The van der Waals surface area contributed by atoms with Gasteiger partial charge in [-0.2, -0.15) is 0 Å². The molecule has 1 aromatic heterocycles. The van der Waals surface area contributed by atoms with Crippen molar-refractivity contribution in [1.29, 1.82) is 0 Å². The Kier molecular flexibility index (Phi) is 6.00. The van der Waals surface area contributed by atoms with E-state index in [0.29, 0.717) is 17.3 Å². The van der Waals surface area contributed by atoms with Gasteiger partial charge in [0.2, 0.25) is 10.0 Å². The quantitative estimate of drug-likeness (QED) is 0.763. The molecule has 2 N–H and O–H groups in total. The van der Waals surface area contributed by atoms with Gasteiger partial charge in [0.1, 0.15) is 10.0 Å². The van der Waals surface area contributed by atoms with Gasteiger partial charge in [-0.15, -0.1) is 0 Å². The molecule has 0 saturated carbocycles. The molecule has 8 heteroatoms. The Bertz CT molecular complexity index is 510. The first-order valence-corrected chi connectivity index (χ1v) is 7.96. The second-order valence-electron chi connectivity index (χ2n) is 3.83. The van der Waals surface area contributed by atoms with Crippen LogP contribution in [0.3, 0.4) is 0 Å². The third-order valence-electron chi connectivity index (χ3n) is 2.21. The third kappa shape index (κ3) is 4.47. The molecular formula is C10H14BrClN2O3S. The minimum Gasteiger partial charge on any atom is -0.396 e. The number of sulfonamides is 1. The van der Waals surface area contributed by atoms with E-state index in [1.165, 1.54) is 12.3 Å². The summed E-state index contributed by atoms with van der Waals surface area (Å²) in [5, 5.41) is 8.63. The minimum absolute atomic E-state index is 0.0330. The molecule has 18 heavy (non-hydrogen) atoms. The molecule has 1 heterocycles. The second-order valence-corrected chi connectivity index (χ2v) is 6.79. The van der Waals surface area contributed by atoms with Crippen molar-refractivity contribution in [1.82, 2.24) is 9.71 Å². The number of rotatable bonds is 6. The first kappa shape index (κ1) is 15.8. The molecule has 5 nitrogen and oxygen atoms in total. The van der Waals surface area contributed by atoms with Gasteiger partial charge < -0.3 is 5.11 Å². The predicted octanol–water partition coefficient (Wildman–Crippen LogP) is 1.94. The molecule has 0 aromatic carbocycles. The van der Waals surface area contributed by atoms with Crippen LogP contribution in [0.25, 0.3) is 0 Å². The van der Waals surface area contributed by atoms with E-state index >= 15 is 0 Å². The van der Waals surface area contributed by atoms with Crippen LogP contribution >= 0.6 is 27.5 Å². The summed E-state index contributed by atoms with van der Waals surface area (Å²) in [4.78, 5) is 3.71. The highest BCUT2D eigenvalue weighted by Gasteiger charge is 2.21. The van der Waals surface area contributed by atoms with Gasteiger partial charge in [0.25, 0.3) is 0 Å². The monoisotopic (exact) mass is 356 g/mol. The van der Waals surface area contributed by atoms with E-state index in [1.807, 2.05) is 0 Å². The fourth-order valence-corrected chi connectivity index (χ4v) is 3.60. The van der Waals surface area contributed by atoms with E-state index < -0.39 is 10.0 Å². The second kappa shape index (κ2) is 6.81. The summed E-state index contributed by atoms with van der Waals surface area (Å²) in [6.45, 7) is 1.76. The summed E-state index contributed by atoms with van der Waals surface area (Å²) in [5.41, 5.74) is 0. The summed E-state index contributed by atoms with van der Waals surface area (Å²) in [6, 6.07) is 1.12. The summed E-state index contributed by atoms with van der Waals surface area (Å²) in [7, 11) is -3.70. The molecule has 1 atom stereocenters. The highest BCUT2D eigenvalue weighted by molar-refractivity contribution is 9.10. The summed E-state index contributed by atoms with van der Waals surface area (Å²) < 4.78 is 27.1. The van der Waals surface area contributed by atoms with E-state index in [2.05, 4.69) is 25.6 Å². The number of hydrogen-bond donors (Lipinski definition) is 2. The molecule has 102 valence electrons. The van der Waals surface area contributed by atoms with Crippen LogP contribution in [0.15, 0.2) is 21.6 Å². The maximum absolute atomic E-state index is 12.1. The molecule has 0 fully saturated rings. The molecule has 0 radical (unpaired) electrons. The number of pyridine rings is 1. The Morgan fingerprint density at radius 2 is 2.28 bits per heavy atom. The molecule has 0 bridgehead atoms. The number of hydrogen-bond acceptors (Lipinski definition) is 4. The molecule has 0 spiro atoms. The van der Waals surface area contributed by atoms with Crippen molar-refractivity contribution >= 4 is 37.6 Å². The lowest BCUT2D eigenvalue weighted by Gasteiger charge is -2.14. The van der Waals surface area contributed by atoms with Crippen LogP contribution in [0.1, 0.15) is 19.8 Å². The smallest absolute Gasteiger partial charge is 0.243 e. The van der Waals surface area contributed by atoms with Crippen molar-refractivity contribution in [2.45, 2.75) is 30.7 Å². The van der Waals surface area contributed by atoms with Crippen molar-refractivity contribution in [2.75, 3.05) is 6.61 Å². The average Bonchev–Trinajstić information content (AvgIpc) is 2.29. The van der Waals surface area contributed by atoms with Crippen molar-refractivity contribution in [3.63, 3.8) is 0 Å². The first-order valence-electron chi connectivity index (χ1n) is 5.31. The van der Waals surface area contributed by atoms with E-state index in [-0.39, 0.29) is 22.7 Å². The van der Waals surface area contributed by atoms with Gasteiger partial charge >= 0.3 is 0 Å². The summed E-state index contributed by atoms with van der Waals surface area (Å²) >= 11 is 8.93. The molecule has 0 saturated heterocycles. The molecule has 0 aliphatic carbocycles. The lowest BCUT2D eigenvalue weighted by Crippen LogP contribution is -2.33. The van der Waals surface area contributed by atoms with Gasteiger partial charge in [-0.25, -0.2) is 18.1 Å². The molecule has 1 unspecified atom stereocenters. The molecular weight excluding hydrogens is 344 g/mol. The van der Waals surface area contributed by atoms with E-state index in [9.17, 15) is 8.42 Å². The SMILES string of the molecule is CC(CCCO)NS(=O)(=O)c1cc(Br)cnc1Cl. The number of aromatic nitrogens is 1. The highest BCUT2D eigenvalue weighted by atomic mass is 79.9. The third-order valence-corrected chi connectivity index (χ3v) is 4.66. The fraction of sp³-hybridized carbons (Fsp3) is 0.500. The van der Waals surface area contributed by atoms with Crippen molar-refractivity contribution < 1.29 is 13.5 Å². The van der Waals surface area contributed by atoms with Crippen molar-refractivity contribution in [3.8, 4) is 0 Å².